The van der Waals surface area contributed by atoms with Gasteiger partial charge in [0, 0.05) is 5.33 Å². The standard InChI is InChI=1S/C10H9BrFNO3/c1-16-13-9(10(14)15)8-6(5-11)3-2-4-7(8)12/h2-4H,5H2,1H3,(H,14,15). The Kier molecular flexibility index (Phi) is 4.42. The Labute approximate surface area is 99.8 Å². The average Bonchev–Trinajstić information content (AvgIpc) is 2.26. The van der Waals surface area contributed by atoms with Crippen LogP contribution >= 0.6 is 15.9 Å². The molecular formula is C10H9BrFNO3. The first-order valence-electron chi connectivity index (χ1n) is 4.30. The van der Waals surface area contributed by atoms with E-state index in [0.29, 0.717) is 10.9 Å². The summed E-state index contributed by atoms with van der Waals surface area (Å²) in [4.78, 5) is 15.3. The number of aliphatic carboxylic acids is 1. The van der Waals surface area contributed by atoms with Gasteiger partial charge >= 0.3 is 5.97 Å². The molecule has 1 N–H and O–H groups in total. The minimum Gasteiger partial charge on any atom is -0.476 e. The lowest BCUT2D eigenvalue weighted by atomic mass is 10.0. The van der Waals surface area contributed by atoms with Gasteiger partial charge in [0.1, 0.15) is 12.9 Å². The van der Waals surface area contributed by atoms with Crippen LogP contribution in [-0.4, -0.2) is 23.9 Å². The molecule has 86 valence electrons. The zero-order valence-corrected chi connectivity index (χ0v) is 9.99. The first-order valence-corrected chi connectivity index (χ1v) is 5.42. The Morgan fingerprint density at radius 3 is 2.81 bits per heavy atom. The summed E-state index contributed by atoms with van der Waals surface area (Å²) >= 11 is 3.16. The number of halogens is 2. The highest BCUT2D eigenvalue weighted by Gasteiger charge is 2.21. The maximum atomic E-state index is 13.6. The van der Waals surface area contributed by atoms with Crippen LogP contribution in [0.15, 0.2) is 23.4 Å². The van der Waals surface area contributed by atoms with E-state index in [2.05, 4.69) is 25.9 Å². The van der Waals surface area contributed by atoms with E-state index < -0.39 is 17.5 Å². The zero-order valence-electron chi connectivity index (χ0n) is 8.41. The fourth-order valence-electron chi connectivity index (χ4n) is 1.23. The van der Waals surface area contributed by atoms with Crippen LogP contribution in [-0.2, 0) is 15.0 Å². The molecule has 1 rings (SSSR count). The molecule has 0 saturated carbocycles. The van der Waals surface area contributed by atoms with E-state index in [1.54, 1.807) is 6.07 Å². The van der Waals surface area contributed by atoms with E-state index in [0.717, 1.165) is 0 Å². The van der Waals surface area contributed by atoms with Gasteiger partial charge in [0.25, 0.3) is 0 Å². The summed E-state index contributed by atoms with van der Waals surface area (Å²) in [6.45, 7) is 0. The largest absolute Gasteiger partial charge is 0.476 e. The van der Waals surface area contributed by atoms with Gasteiger partial charge in [-0.05, 0) is 11.6 Å². The van der Waals surface area contributed by atoms with E-state index >= 15 is 0 Å². The molecule has 6 heteroatoms. The maximum Gasteiger partial charge on any atom is 0.358 e. The third-order valence-electron chi connectivity index (χ3n) is 1.87. The van der Waals surface area contributed by atoms with Crippen molar-refractivity contribution in [2.24, 2.45) is 5.16 Å². The van der Waals surface area contributed by atoms with Crippen LogP contribution in [0.1, 0.15) is 11.1 Å². The second kappa shape index (κ2) is 5.60. The molecule has 0 aliphatic carbocycles. The van der Waals surface area contributed by atoms with Crippen LogP contribution in [0.5, 0.6) is 0 Å². The van der Waals surface area contributed by atoms with Crippen LogP contribution in [0.3, 0.4) is 0 Å². The van der Waals surface area contributed by atoms with Crippen LogP contribution in [0.4, 0.5) is 4.39 Å². The Hall–Kier alpha value is -1.43. The predicted octanol–water partition coefficient (Wildman–Crippen LogP) is 2.16. The van der Waals surface area contributed by atoms with Crippen LogP contribution in [0.25, 0.3) is 0 Å². The number of benzene rings is 1. The van der Waals surface area contributed by atoms with Crippen molar-refractivity contribution in [3.63, 3.8) is 0 Å². The minimum atomic E-state index is -1.34. The topological polar surface area (TPSA) is 58.9 Å². The highest BCUT2D eigenvalue weighted by Crippen LogP contribution is 2.18. The molecule has 0 spiro atoms. The van der Waals surface area contributed by atoms with Gasteiger partial charge in [0.15, 0.2) is 5.71 Å². The number of rotatable bonds is 4. The lowest BCUT2D eigenvalue weighted by molar-refractivity contribution is -0.129. The first kappa shape index (κ1) is 12.6. The van der Waals surface area contributed by atoms with Crippen molar-refractivity contribution in [2.45, 2.75) is 5.33 Å². The lowest BCUT2D eigenvalue weighted by Gasteiger charge is -2.07. The van der Waals surface area contributed by atoms with Crippen molar-refractivity contribution in [1.82, 2.24) is 0 Å². The summed E-state index contributed by atoms with van der Waals surface area (Å²) in [6, 6.07) is 4.29. The number of carboxylic acids is 1. The van der Waals surface area contributed by atoms with Crippen molar-refractivity contribution < 1.29 is 19.1 Å². The number of hydrogen-bond donors (Lipinski definition) is 1. The molecule has 4 nitrogen and oxygen atoms in total. The molecule has 0 heterocycles. The van der Waals surface area contributed by atoms with Gasteiger partial charge in [0.2, 0.25) is 0 Å². The average molecular weight is 290 g/mol. The van der Waals surface area contributed by atoms with E-state index in [-0.39, 0.29) is 5.56 Å². The summed E-state index contributed by atoms with van der Waals surface area (Å²) in [5.41, 5.74) is -0.0121. The van der Waals surface area contributed by atoms with Crippen molar-refractivity contribution in [2.75, 3.05) is 7.11 Å². The van der Waals surface area contributed by atoms with Crippen LogP contribution in [0, 0.1) is 5.82 Å². The molecule has 0 fully saturated rings. The lowest BCUT2D eigenvalue weighted by Crippen LogP contribution is -2.18. The van der Waals surface area contributed by atoms with Crippen molar-refractivity contribution in [1.29, 1.82) is 0 Å². The fraction of sp³-hybridized carbons (Fsp3) is 0.200. The molecule has 1 aromatic carbocycles. The Morgan fingerprint density at radius 2 is 2.31 bits per heavy atom. The number of carbonyl (C=O) groups is 1. The van der Waals surface area contributed by atoms with Crippen molar-refractivity contribution in [3.8, 4) is 0 Å². The maximum absolute atomic E-state index is 13.6. The van der Waals surface area contributed by atoms with Gasteiger partial charge in [-0.15, -0.1) is 0 Å². The fourth-order valence-corrected chi connectivity index (χ4v) is 1.70. The van der Waals surface area contributed by atoms with Gasteiger partial charge in [-0.25, -0.2) is 9.18 Å². The molecule has 0 aliphatic rings. The second-order valence-corrected chi connectivity index (χ2v) is 3.40. The summed E-state index contributed by atoms with van der Waals surface area (Å²) < 4.78 is 13.6. The smallest absolute Gasteiger partial charge is 0.358 e. The van der Waals surface area contributed by atoms with E-state index in [1.165, 1.54) is 19.2 Å². The summed E-state index contributed by atoms with van der Waals surface area (Å²) in [7, 11) is 1.21. The summed E-state index contributed by atoms with van der Waals surface area (Å²) in [5.74, 6) is -1.98. The monoisotopic (exact) mass is 289 g/mol. The summed E-state index contributed by atoms with van der Waals surface area (Å²) in [6.07, 6.45) is 0. The van der Waals surface area contributed by atoms with Gasteiger partial charge < -0.3 is 9.94 Å². The Bertz CT molecular complexity index is 434. The first-order chi connectivity index (χ1) is 7.61. The van der Waals surface area contributed by atoms with E-state index in [1.807, 2.05) is 0 Å². The minimum absolute atomic E-state index is 0.0614. The molecule has 1 aromatic rings. The van der Waals surface area contributed by atoms with Gasteiger partial charge in [-0.2, -0.15) is 0 Å². The van der Waals surface area contributed by atoms with Crippen molar-refractivity contribution in [3.05, 3.63) is 35.1 Å². The molecule has 0 unspecified atom stereocenters. The Balaban J connectivity index is 3.39. The second-order valence-electron chi connectivity index (χ2n) is 2.84. The van der Waals surface area contributed by atoms with Crippen LogP contribution in [0.2, 0.25) is 0 Å². The number of carboxylic acid groups (broad SMARTS) is 1. The SMILES string of the molecule is CON=C(C(=O)O)c1c(F)cccc1CBr. The molecule has 0 aliphatic heterocycles. The molecule has 0 aromatic heterocycles. The molecule has 16 heavy (non-hydrogen) atoms. The number of alkyl halides is 1. The van der Waals surface area contributed by atoms with Crippen molar-refractivity contribution >= 4 is 27.6 Å². The number of nitrogens with zero attached hydrogens (tertiary/aromatic N) is 1. The molecular weight excluding hydrogens is 281 g/mol. The number of oxime groups is 1. The Morgan fingerprint density at radius 1 is 1.62 bits per heavy atom. The van der Waals surface area contributed by atoms with E-state index in [4.69, 9.17) is 5.11 Å². The molecule has 0 saturated heterocycles. The highest BCUT2D eigenvalue weighted by molar-refractivity contribution is 9.08. The molecule has 0 bridgehead atoms. The summed E-state index contributed by atoms with van der Waals surface area (Å²) in [5, 5.41) is 12.6. The van der Waals surface area contributed by atoms with E-state index in [9.17, 15) is 9.18 Å². The number of hydrogen-bond acceptors (Lipinski definition) is 3. The zero-order chi connectivity index (χ0) is 12.1. The van der Waals surface area contributed by atoms with Crippen LogP contribution < -0.4 is 0 Å². The molecule has 0 amide bonds. The van der Waals surface area contributed by atoms with Gasteiger partial charge in [0.05, 0.1) is 5.56 Å². The highest BCUT2D eigenvalue weighted by atomic mass is 79.9. The third kappa shape index (κ3) is 2.57. The third-order valence-corrected chi connectivity index (χ3v) is 2.47. The predicted molar refractivity (Wildman–Crippen MR) is 60.2 cm³/mol. The molecule has 0 atom stereocenters. The van der Waals surface area contributed by atoms with Gasteiger partial charge in [-0.3, -0.25) is 0 Å². The normalized spacial score (nSPS) is 11.3. The quantitative estimate of drug-likeness (QED) is 0.525. The van der Waals surface area contributed by atoms with Gasteiger partial charge in [-0.1, -0.05) is 33.2 Å². The molecule has 0 radical (unpaired) electrons.